The Morgan fingerprint density at radius 2 is 1.95 bits per heavy atom. The van der Waals surface area contributed by atoms with Crippen molar-refractivity contribution in [2.24, 2.45) is 0 Å². The van der Waals surface area contributed by atoms with Crippen LogP contribution in [0.4, 0.5) is 5.69 Å². The fourth-order valence-corrected chi connectivity index (χ4v) is 2.80. The summed E-state index contributed by atoms with van der Waals surface area (Å²) >= 11 is 12.6. The van der Waals surface area contributed by atoms with Crippen molar-refractivity contribution in [2.75, 3.05) is 0 Å². The molecule has 0 saturated carbocycles. The Morgan fingerprint density at radius 3 is 2.50 bits per heavy atom. The van der Waals surface area contributed by atoms with Crippen molar-refractivity contribution in [1.82, 2.24) is 4.98 Å². The van der Waals surface area contributed by atoms with Gasteiger partial charge in [-0.2, -0.15) is 5.26 Å². The summed E-state index contributed by atoms with van der Waals surface area (Å²) in [5.41, 5.74) is -0.272. The first kappa shape index (κ1) is 14.6. The van der Waals surface area contributed by atoms with Crippen LogP contribution in [0.5, 0.6) is 0 Å². The third kappa shape index (κ3) is 3.02. The zero-order valence-corrected chi connectivity index (χ0v) is 12.0. The number of nitrogens with zero attached hydrogens (tertiary/aromatic N) is 3. The summed E-state index contributed by atoms with van der Waals surface area (Å²) in [6.07, 6.45) is 1.22. The predicted octanol–water partition coefficient (Wildman–Crippen LogP) is 4.32. The van der Waals surface area contributed by atoms with Crippen molar-refractivity contribution in [3.63, 3.8) is 0 Å². The van der Waals surface area contributed by atoms with E-state index in [0.717, 1.165) is 11.8 Å². The van der Waals surface area contributed by atoms with Crippen LogP contribution in [0.2, 0.25) is 10.2 Å². The Hall–Kier alpha value is -1.81. The molecule has 0 unspecified atom stereocenters. The Bertz CT molecular complexity index is 714. The molecule has 0 aliphatic carbocycles. The molecule has 0 bridgehead atoms. The second-order valence-electron chi connectivity index (χ2n) is 3.57. The zero-order valence-electron chi connectivity index (χ0n) is 9.71. The monoisotopic (exact) mass is 325 g/mol. The van der Waals surface area contributed by atoms with E-state index in [1.165, 1.54) is 6.20 Å². The molecule has 0 spiro atoms. The normalized spacial score (nSPS) is 10.1. The first-order valence-corrected chi connectivity index (χ1v) is 6.76. The molecule has 0 aliphatic rings. The van der Waals surface area contributed by atoms with Gasteiger partial charge in [-0.3, -0.25) is 10.1 Å². The van der Waals surface area contributed by atoms with Gasteiger partial charge in [0.05, 0.1) is 10.5 Å². The lowest BCUT2D eigenvalue weighted by atomic mass is 10.3. The van der Waals surface area contributed by atoms with Crippen molar-refractivity contribution in [3.05, 3.63) is 56.3 Å². The van der Waals surface area contributed by atoms with E-state index in [1.807, 2.05) is 6.07 Å². The van der Waals surface area contributed by atoms with Gasteiger partial charge in [0.15, 0.2) is 0 Å². The lowest BCUT2D eigenvalue weighted by Gasteiger charge is -2.06. The maximum atomic E-state index is 11.1. The first-order valence-electron chi connectivity index (χ1n) is 5.19. The molecule has 5 nitrogen and oxygen atoms in total. The summed E-state index contributed by atoms with van der Waals surface area (Å²) in [5, 5.41) is 20.4. The van der Waals surface area contributed by atoms with Gasteiger partial charge in [0.25, 0.3) is 0 Å². The number of halogens is 2. The predicted molar refractivity (Wildman–Crippen MR) is 76.2 cm³/mol. The zero-order chi connectivity index (χ0) is 14.7. The van der Waals surface area contributed by atoms with Crippen LogP contribution in [-0.4, -0.2) is 9.91 Å². The topological polar surface area (TPSA) is 79.8 Å². The Morgan fingerprint density at radius 1 is 1.30 bits per heavy atom. The van der Waals surface area contributed by atoms with Gasteiger partial charge in [-0.1, -0.05) is 35.0 Å². The van der Waals surface area contributed by atoms with Crippen molar-refractivity contribution in [3.8, 4) is 6.07 Å². The average Bonchev–Trinajstić information content (AvgIpc) is 2.41. The van der Waals surface area contributed by atoms with E-state index in [2.05, 4.69) is 4.98 Å². The number of benzene rings is 1. The highest BCUT2D eigenvalue weighted by Gasteiger charge is 2.24. The number of rotatable bonds is 3. The van der Waals surface area contributed by atoms with Crippen LogP contribution in [-0.2, 0) is 0 Å². The number of hydrogen-bond acceptors (Lipinski definition) is 5. The van der Waals surface area contributed by atoms with Crippen molar-refractivity contribution >= 4 is 40.7 Å². The molecule has 1 aromatic heterocycles. The highest BCUT2D eigenvalue weighted by molar-refractivity contribution is 7.99. The molecule has 0 N–H and O–H groups in total. The van der Waals surface area contributed by atoms with E-state index < -0.39 is 4.92 Å². The lowest BCUT2D eigenvalue weighted by molar-refractivity contribution is -0.387. The summed E-state index contributed by atoms with van der Waals surface area (Å²) < 4.78 is 0. The Labute approximate surface area is 128 Å². The fraction of sp³-hybridized carbons (Fsp3) is 0. The number of nitriles is 1. The molecule has 2 aromatic rings. The molecule has 0 aliphatic heterocycles. The average molecular weight is 326 g/mol. The molecule has 1 aromatic carbocycles. The van der Waals surface area contributed by atoms with E-state index >= 15 is 0 Å². The van der Waals surface area contributed by atoms with Crippen LogP contribution in [0.3, 0.4) is 0 Å². The van der Waals surface area contributed by atoms with Gasteiger partial charge in [0.1, 0.15) is 11.0 Å². The number of pyridine rings is 1. The van der Waals surface area contributed by atoms with Gasteiger partial charge < -0.3 is 0 Å². The molecule has 100 valence electrons. The summed E-state index contributed by atoms with van der Waals surface area (Å²) in [6, 6.07) is 8.59. The smallest absolute Gasteiger partial charge is 0.258 e. The van der Waals surface area contributed by atoms with Crippen molar-refractivity contribution < 1.29 is 4.92 Å². The second-order valence-corrected chi connectivity index (χ2v) is 5.44. The third-order valence-electron chi connectivity index (χ3n) is 2.30. The number of hydrogen-bond donors (Lipinski definition) is 0. The van der Waals surface area contributed by atoms with Gasteiger partial charge in [-0.05, 0) is 24.3 Å². The standard InChI is InChI=1S/C12H5Cl2N3O2S/c13-8-1-3-9(4-2-8)20-11-7(5-15)6-16-12(14)10(11)17(18)19/h1-4,6H. The summed E-state index contributed by atoms with van der Waals surface area (Å²) in [7, 11) is 0. The minimum Gasteiger partial charge on any atom is -0.258 e. The van der Waals surface area contributed by atoms with E-state index in [1.54, 1.807) is 24.3 Å². The van der Waals surface area contributed by atoms with Gasteiger partial charge in [0.2, 0.25) is 5.15 Å². The summed E-state index contributed by atoms with van der Waals surface area (Å²) in [6.45, 7) is 0. The van der Waals surface area contributed by atoms with Crippen molar-refractivity contribution in [1.29, 1.82) is 5.26 Å². The highest BCUT2D eigenvalue weighted by Crippen LogP contribution is 2.40. The minimum atomic E-state index is -0.644. The maximum absolute atomic E-state index is 11.1. The van der Waals surface area contributed by atoms with E-state index in [-0.39, 0.29) is 21.3 Å². The van der Waals surface area contributed by atoms with Crippen molar-refractivity contribution in [2.45, 2.75) is 9.79 Å². The summed E-state index contributed by atoms with van der Waals surface area (Å²) in [5.74, 6) is 0. The maximum Gasteiger partial charge on any atom is 0.321 e. The SMILES string of the molecule is N#Cc1cnc(Cl)c([N+](=O)[O-])c1Sc1ccc(Cl)cc1. The number of nitro groups is 1. The molecule has 0 amide bonds. The largest absolute Gasteiger partial charge is 0.321 e. The Balaban J connectivity index is 2.54. The third-order valence-corrected chi connectivity index (χ3v) is 3.95. The van der Waals surface area contributed by atoms with Crippen LogP contribution in [0.25, 0.3) is 0 Å². The van der Waals surface area contributed by atoms with Gasteiger partial charge in [0, 0.05) is 16.1 Å². The molecule has 20 heavy (non-hydrogen) atoms. The molecule has 0 fully saturated rings. The van der Waals surface area contributed by atoms with Crippen LogP contribution in [0.15, 0.2) is 40.3 Å². The Kier molecular flexibility index (Phi) is 4.45. The van der Waals surface area contributed by atoms with Crippen LogP contribution in [0.1, 0.15) is 5.56 Å². The quantitative estimate of drug-likeness (QED) is 0.477. The number of aromatic nitrogens is 1. The van der Waals surface area contributed by atoms with E-state index in [0.29, 0.717) is 9.92 Å². The first-order chi connectivity index (χ1) is 9.52. The summed E-state index contributed by atoms with van der Waals surface area (Å²) in [4.78, 5) is 15.0. The van der Waals surface area contributed by atoms with E-state index in [4.69, 9.17) is 28.5 Å². The van der Waals surface area contributed by atoms with Gasteiger partial charge in [-0.25, -0.2) is 4.98 Å². The van der Waals surface area contributed by atoms with Gasteiger partial charge in [-0.15, -0.1) is 0 Å². The molecule has 0 saturated heterocycles. The lowest BCUT2D eigenvalue weighted by Crippen LogP contribution is -1.97. The second kappa shape index (κ2) is 6.09. The van der Waals surface area contributed by atoms with Crippen LogP contribution < -0.4 is 0 Å². The molecule has 2 rings (SSSR count). The molecule has 0 radical (unpaired) electrons. The molecule has 8 heteroatoms. The fourth-order valence-electron chi connectivity index (χ4n) is 1.42. The van der Waals surface area contributed by atoms with E-state index in [9.17, 15) is 10.1 Å². The molecular formula is C12H5Cl2N3O2S. The van der Waals surface area contributed by atoms with Crippen LogP contribution >= 0.6 is 35.0 Å². The molecular weight excluding hydrogens is 321 g/mol. The van der Waals surface area contributed by atoms with Gasteiger partial charge >= 0.3 is 5.69 Å². The minimum absolute atomic E-state index is 0.0982. The molecule has 1 heterocycles. The van der Waals surface area contributed by atoms with Crippen LogP contribution in [0, 0.1) is 21.4 Å². The highest BCUT2D eigenvalue weighted by atomic mass is 35.5. The molecule has 0 atom stereocenters.